The van der Waals surface area contributed by atoms with Crippen molar-refractivity contribution in [3.05, 3.63) is 42.7 Å². The standard InChI is InChI=1S/C11H13N3O2S/c1-2-14-9-11(8-12-14)17(15,16)13-10-6-4-3-5-7-10/h3-9,13H,2H2,1H3. The third-order valence-electron chi connectivity index (χ3n) is 2.27. The Morgan fingerprint density at radius 3 is 2.59 bits per heavy atom. The van der Waals surface area contributed by atoms with Gasteiger partial charge in [0.1, 0.15) is 4.90 Å². The first-order chi connectivity index (χ1) is 8.12. The van der Waals surface area contributed by atoms with Crippen molar-refractivity contribution in [3.8, 4) is 0 Å². The van der Waals surface area contributed by atoms with E-state index < -0.39 is 10.0 Å². The summed E-state index contributed by atoms with van der Waals surface area (Å²) in [7, 11) is -3.54. The summed E-state index contributed by atoms with van der Waals surface area (Å²) in [6.45, 7) is 2.54. The first kappa shape index (κ1) is 11.7. The smallest absolute Gasteiger partial charge is 0.265 e. The second-order valence-corrected chi connectivity index (χ2v) is 5.19. The van der Waals surface area contributed by atoms with Gasteiger partial charge in [0.2, 0.25) is 0 Å². The first-order valence-corrected chi connectivity index (χ1v) is 6.70. The van der Waals surface area contributed by atoms with Gasteiger partial charge in [-0.05, 0) is 19.1 Å². The molecule has 1 aromatic carbocycles. The fourth-order valence-corrected chi connectivity index (χ4v) is 2.39. The number of nitrogens with zero attached hydrogens (tertiary/aromatic N) is 2. The maximum Gasteiger partial charge on any atom is 0.265 e. The van der Waals surface area contributed by atoms with Gasteiger partial charge in [-0.3, -0.25) is 9.40 Å². The SMILES string of the molecule is CCn1cc(S(=O)(=O)Nc2ccccc2)cn1. The highest BCUT2D eigenvalue weighted by Gasteiger charge is 2.15. The van der Waals surface area contributed by atoms with Crippen LogP contribution in [0.4, 0.5) is 5.69 Å². The predicted octanol–water partition coefficient (Wildman–Crippen LogP) is 1.70. The molecule has 0 aliphatic heterocycles. The van der Waals surface area contributed by atoms with Crippen LogP contribution in [0.15, 0.2) is 47.6 Å². The van der Waals surface area contributed by atoms with Gasteiger partial charge in [-0.15, -0.1) is 0 Å². The van der Waals surface area contributed by atoms with Crippen LogP contribution in [-0.2, 0) is 16.6 Å². The van der Waals surface area contributed by atoms with Crippen LogP contribution in [0.3, 0.4) is 0 Å². The topological polar surface area (TPSA) is 64.0 Å². The molecule has 90 valence electrons. The van der Waals surface area contributed by atoms with Gasteiger partial charge >= 0.3 is 0 Å². The second kappa shape index (κ2) is 4.58. The van der Waals surface area contributed by atoms with Crippen LogP contribution < -0.4 is 4.72 Å². The largest absolute Gasteiger partial charge is 0.280 e. The summed E-state index contributed by atoms with van der Waals surface area (Å²) in [5.41, 5.74) is 0.539. The molecule has 0 saturated carbocycles. The Hall–Kier alpha value is -1.82. The number of hydrogen-bond donors (Lipinski definition) is 1. The van der Waals surface area contributed by atoms with E-state index in [4.69, 9.17) is 0 Å². The lowest BCUT2D eigenvalue weighted by atomic mass is 10.3. The summed E-state index contributed by atoms with van der Waals surface area (Å²) in [5.74, 6) is 0. The molecule has 0 unspecified atom stereocenters. The lowest BCUT2D eigenvalue weighted by Gasteiger charge is -2.05. The number of nitrogens with one attached hydrogen (secondary N) is 1. The lowest BCUT2D eigenvalue weighted by molar-refractivity contribution is 0.600. The van der Waals surface area contributed by atoms with Gasteiger partial charge in [0, 0.05) is 18.4 Å². The quantitative estimate of drug-likeness (QED) is 0.899. The molecule has 1 aromatic heterocycles. The van der Waals surface area contributed by atoms with Crippen molar-refractivity contribution in [3.63, 3.8) is 0 Å². The van der Waals surface area contributed by atoms with Crippen LogP contribution in [0.2, 0.25) is 0 Å². The molecule has 0 aliphatic carbocycles. The van der Waals surface area contributed by atoms with Crippen LogP contribution >= 0.6 is 0 Å². The normalized spacial score (nSPS) is 11.4. The second-order valence-electron chi connectivity index (χ2n) is 3.50. The Balaban J connectivity index is 2.25. The van der Waals surface area contributed by atoms with Crippen molar-refractivity contribution < 1.29 is 8.42 Å². The molecule has 0 radical (unpaired) electrons. The Morgan fingerprint density at radius 1 is 1.29 bits per heavy atom. The molecule has 2 aromatic rings. The van der Waals surface area contributed by atoms with Crippen LogP contribution in [0.5, 0.6) is 0 Å². The molecule has 0 saturated heterocycles. The van der Waals surface area contributed by atoms with E-state index in [0.717, 1.165) is 0 Å². The molecular weight excluding hydrogens is 238 g/mol. The third kappa shape index (κ3) is 2.65. The third-order valence-corrected chi connectivity index (χ3v) is 3.61. The number of aromatic nitrogens is 2. The summed E-state index contributed by atoms with van der Waals surface area (Å²) >= 11 is 0. The molecule has 1 heterocycles. The van der Waals surface area contributed by atoms with E-state index in [1.165, 1.54) is 12.4 Å². The minimum absolute atomic E-state index is 0.170. The van der Waals surface area contributed by atoms with E-state index in [0.29, 0.717) is 12.2 Å². The van der Waals surface area contributed by atoms with Crippen molar-refractivity contribution in [1.29, 1.82) is 0 Å². The summed E-state index contributed by atoms with van der Waals surface area (Å²) in [5, 5.41) is 3.94. The molecule has 17 heavy (non-hydrogen) atoms. The molecule has 2 rings (SSSR count). The van der Waals surface area contributed by atoms with E-state index in [1.807, 2.05) is 13.0 Å². The van der Waals surface area contributed by atoms with Crippen LogP contribution in [0, 0.1) is 0 Å². The molecule has 0 atom stereocenters. The van der Waals surface area contributed by atoms with E-state index in [-0.39, 0.29) is 4.90 Å². The van der Waals surface area contributed by atoms with Crippen molar-refractivity contribution in [2.75, 3.05) is 4.72 Å². The lowest BCUT2D eigenvalue weighted by Crippen LogP contribution is -2.12. The van der Waals surface area contributed by atoms with Gasteiger partial charge < -0.3 is 0 Å². The zero-order valence-corrected chi connectivity index (χ0v) is 10.2. The van der Waals surface area contributed by atoms with Crippen molar-refractivity contribution in [2.45, 2.75) is 18.4 Å². The highest BCUT2D eigenvalue weighted by molar-refractivity contribution is 7.92. The molecule has 6 heteroatoms. The maximum absolute atomic E-state index is 12.0. The number of hydrogen-bond acceptors (Lipinski definition) is 3. The average Bonchev–Trinajstić information content (AvgIpc) is 2.79. The Bertz CT molecular complexity index is 590. The van der Waals surface area contributed by atoms with E-state index in [2.05, 4.69) is 9.82 Å². The monoisotopic (exact) mass is 251 g/mol. The van der Waals surface area contributed by atoms with Gasteiger partial charge in [0.25, 0.3) is 10.0 Å². The highest BCUT2D eigenvalue weighted by Crippen LogP contribution is 2.14. The van der Waals surface area contributed by atoms with Gasteiger partial charge in [0.05, 0.1) is 6.20 Å². The number of benzene rings is 1. The number of aryl methyl sites for hydroxylation is 1. The minimum atomic E-state index is -3.54. The summed E-state index contributed by atoms with van der Waals surface area (Å²) < 4.78 is 28.0. The molecule has 0 aliphatic rings. The van der Waals surface area contributed by atoms with Gasteiger partial charge in [0.15, 0.2) is 0 Å². The fourth-order valence-electron chi connectivity index (χ4n) is 1.38. The molecule has 5 nitrogen and oxygen atoms in total. The van der Waals surface area contributed by atoms with Gasteiger partial charge in [-0.25, -0.2) is 8.42 Å². The Labute approximate surface area is 100 Å². The summed E-state index contributed by atoms with van der Waals surface area (Å²) in [6, 6.07) is 8.76. The molecule has 0 amide bonds. The minimum Gasteiger partial charge on any atom is -0.280 e. The Kier molecular flexibility index (Phi) is 3.14. The fraction of sp³-hybridized carbons (Fsp3) is 0.182. The predicted molar refractivity (Wildman–Crippen MR) is 65.2 cm³/mol. The number of anilines is 1. The van der Waals surface area contributed by atoms with Crippen LogP contribution in [-0.4, -0.2) is 18.2 Å². The molecule has 0 spiro atoms. The summed E-state index contributed by atoms with van der Waals surface area (Å²) in [6.07, 6.45) is 2.85. The average molecular weight is 251 g/mol. The van der Waals surface area contributed by atoms with E-state index in [1.54, 1.807) is 28.9 Å². The van der Waals surface area contributed by atoms with Crippen molar-refractivity contribution >= 4 is 15.7 Å². The van der Waals surface area contributed by atoms with Crippen LogP contribution in [0.1, 0.15) is 6.92 Å². The van der Waals surface area contributed by atoms with Gasteiger partial charge in [-0.1, -0.05) is 18.2 Å². The van der Waals surface area contributed by atoms with E-state index in [9.17, 15) is 8.42 Å². The molecule has 1 N–H and O–H groups in total. The number of para-hydroxylation sites is 1. The molecular formula is C11H13N3O2S. The Morgan fingerprint density at radius 2 is 2.00 bits per heavy atom. The molecule has 0 fully saturated rings. The zero-order chi connectivity index (χ0) is 12.3. The van der Waals surface area contributed by atoms with Crippen molar-refractivity contribution in [1.82, 2.24) is 9.78 Å². The summed E-state index contributed by atoms with van der Waals surface area (Å²) in [4.78, 5) is 0.170. The van der Waals surface area contributed by atoms with Gasteiger partial charge in [-0.2, -0.15) is 5.10 Å². The zero-order valence-electron chi connectivity index (χ0n) is 9.37. The van der Waals surface area contributed by atoms with Crippen molar-refractivity contribution in [2.24, 2.45) is 0 Å². The van der Waals surface area contributed by atoms with E-state index >= 15 is 0 Å². The number of rotatable bonds is 4. The molecule has 0 bridgehead atoms. The highest BCUT2D eigenvalue weighted by atomic mass is 32.2. The number of sulfonamides is 1. The maximum atomic E-state index is 12.0. The first-order valence-electron chi connectivity index (χ1n) is 5.22. The van der Waals surface area contributed by atoms with Crippen LogP contribution in [0.25, 0.3) is 0 Å².